The van der Waals surface area contributed by atoms with E-state index in [0.29, 0.717) is 19.4 Å². The van der Waals surface area contributed by atoms with Crippen molar-refractivity contribution in [3.63, 3.8) is 0 Å². The van der Waals surface area contributed by atoms with Gasteiger partial charge in [-0.15, -0.1) is 0 Å². The second-order valence-electron chi connectivity index (χ2n) is 10.4. The van der Waals surface area contributed by atoms with Crippen molar-refractivity contribution >= 4 is 23.8 Å². The molecule has 0 fully saturated rings. The number of carbonyl (C=O) groups excluding carboxylic acids is 3. The van der Waals surface area contributed by atoms with E-state index in [1.54, 1.807) is 5.48 Å². The van der Waals surface area contributed by atoms with E-state index in [1.807, 2.05) is 84.0 Å². The summed E-state index contributed by atoms with van der Waals surface area (Å²) in [5.74, 6) is -2.57. The number of allylic oxidation sites excluding steroid dienone is 1. The Labute approximate surface area is 210 Å². The molecule has 0 aliphatic carbocycles. The molecule has 0 radical (unpaired) electrons. The van der Waals surface area contributed by atoms with Gasteiger partial charge in [-0.3, -0.25) is 30.0 Å². The van der Waals surface area contributed by atoms with Gasteiger partial charge in [0.15, 0.2) is 0 Å². The van der Waals surface area contributed by atoms with E-state index in [2.05, 4.69) is 5.43 Å². The highest BCUT2D eigenvalue weighted by atomic mass is 16.5. The number of carbonyl (C=O) groups is 3. The summed E-state index contributed by atoms with van der Waals surface area (Å²) in [4.78, 5) is 39.2. The van der Waals surface area contributed by atoms with Crippen molar-refractivity contribution in [2.24, 2.45) is 35.3 Å². The molecule has 3 amide bonds. The summed E-state index contributed by atoms with van der Waals surface area (Å²) in [5, 5.41) is 10.7. The van der Waals surface area contributed by atoms with Crippen molar-refractivity contribution in [3.05, 3.63) is 42.0 Å². The molecule has 0 spiro atoms. The molecule has 0 saturated heterocycles. The normalized spacial score (nSPS) is 14.3. The van der Waals surface area contributed by atoms with Crippen molar-refractivity contribution < 1.29 is 19.6 Å². The lowest BCUT2D eigenvalue weighted by Gasteiger charge is -2.32. The van der Waals surface area contributed by atoms with Gasteiger partial charge in [-0.25, -0.2) is 5.48 Å². The molecule has 196 valence electrons. The summed E-state index contributed by atoms with van der Waals surface area (Å²) in [6.45, 7) is 12.1. The second-order valence-corrected chi connectivity index (χ2v) is 10.4. The van der Waals surface area contributed by atoms with Gasteiger partial charge < -0.3 is 5.73 Å². The lowest BCUT2D eigenvalue weighted by molar-refractivity contribution is -0.148. The molecular weight excluding hydrogens is 444 g/mol. The maximum Gasteiger partial charge on any atom is 0.257 e. The Morgan fingerprint density at radius 3 is 2.03 bits per heavy atom. The van der Waals surface area contributed by atoms with Gasteiger partial charge in [-0.1, -0.05) is 84.0 Å². The summed E-state index contributed by atoms with van der Waals surface area (Å²) in [5.41, 5.74) is 11.6. The molecule has 5 N–H and O–H groups in total. The number of nitrogens with one attached hydrogen (secondary N) is 2. The third-order valence-electron chi connectivity index (χ3n) is 5.60. The van der Waals surface area contributed by atoms with Gasteiger partial charge in [0.1, 0.15) is 0 Å². The molecule has 3 atom stereocenters. The zero-order valence-corrected chi connectivity index (χ0v) is 22.0. The third-order valence-corrected chi connectivity index (χ3v) is 5.60. The number of nitrogens with two attached hydrogens (primary N) is 1. The summed E-state index contributed by atoms with van der Waals surface area (Å²) < 4.78 is 0. The predicted molar refractivity (Wildman–Crippen MR) is 139 cm³/mol. The van der Waals surface area contributed by atoms with Crippen LogP contribution < -0.4 is 16.6 Å². The Hall–Kier alpha value is -2.71. The molecule has 1 aromatic carbocycles. The van der Waals surface area contributed by atoms with E-state index in [4.69, 9.17) is 5.73 Å². The average Bonchev–Trinajstić information content (AvgIpc) is 2.79. The lowest BCUT2D eigenvalue weighted by Crippen LogP contribution is -2.56. The van der Waals surface area contributed by atoms with Gasteiger partial charge in [0.05, 0.1) is 17.9 Å². The quantitative estimate of drug-likeness (QED) is 0.249. The van der Waals surface area contributed by atoms with Crippen LogP contribution in [0.15, 0.2) is 36.4 Å². The summed E-state index contributed by atoms with van der Waals surface area (Å²) >= 11 is 0. The van der Waals surface area contributed by atoms with Crippen molar-refractivity contribution in [3.8, 4) is 0 Å². The summed E-state index contributed by atoms with van der Waals surface area (Å²) in [6.07, 6.45) is 4.85. The van der Waals surface area contributed by atoms with E-state index in [0.717, 1.165) is 5.56 Å². The van der Waals surface area contributed by atoms with Crippen LogP contribution in [0, 0.1) is 29.6 Å². The topological polar surface area (TPSA) is 125 Å². The third kappa shape index (κ3) is 11.0. The fourth-order valence-corrected chi connectivity index (χ4v) is 3.99. The first-order chi connectivity index (χ1) is 16.5. The Kier molecular flexibility index (Phi) is 13.3. The number of benzene rings is 1. The minimum absolute atomic E-state index is 0.0967. The van der Waals surface area contributed by atoms with Crippen LogP contribution in [0.4, 0.5) is 0 Å². The van der Waals surface area contributed by atoms with Gasteiger partial charge >= 0.3 is 0 Å². The molecule has 1 rings (SSSR count). The van der Waals surface area contributed by atoms with Gasteiger partial charge in [-0.05, 0) is 42.6 Å². The minimum atomic E-state index is -0.817. The van der Waals surface area contributed by atoms with E-state index in [1.165, 1.54) is 5.01 Å². The molecule has 0 unspecified atom stereocenters. The lowest BCUT2D eigenvalue weighted by atomic mass is 9.82. The molecule has 0 aliphatic rings. The average molecular weight is 489 g/mol. The van der Waals surface area contributed by atoms with Crippen LogP contribution in [0.25, 0.3) is 6.08 Å². The van der Waals surface area contributed by atoms with Crippen LogP contribution in [-0.4, -0.2) is 40.5 Å². The van der Waals surface area contributed by atoms with Crippen LogP contribution in [0.1, 0.15) is 66.4 Å². The number of hydrazine groups is 1. The molecule has 0 aromatic heterocycles. The molecule has 0 bridgehead atoms. The number of nitrogens with zero attached hydrogens (tertiary/aromatic N) is 1. The minimum Gasteiger partial charge on any atom is -0.320 e. The Bertz CT molecular complexity index is 824. The molecule has 0 heterocycles. The Morgan fingerprint density at radius 1 is 0.914 bits per heavy atom. The van der Waals surface area contributed by atoms with Gasteiger partial charge in [-0.2, -0.15) is 0 Å². The zero-order valence-electron chi connectivity index (χ0n) is 22.0. The fourth-order valence-electron chi connectivity index (χ4n) is 3.99. The standard InChI is InChI=1S/C27H44N4O4/c1-18(2)15-23(22(26(33)30-35)14-10-13-21-11-8-7-9-12-21)25(32)29-31(17-20(5)6)27(34)24(28)16-19(3)4/h7-13,18-20,22-24,35H,14-17,28H2,1-6H3,(H,29,32)(H,30,33)/b13-10+/t22-,23+,24+/m0/s1. The van der Waals surface area contributed by atoms with E-state index in [9.17, 15) is 19.6 Å². The number of hydroxylamine groups is 1. The molecule has 8 heteroatoms. The van der Waals surface area contributed by atoms with Crippen LogP contribution >= 0.6 is 0 Å². The highest BCUT2D eigenvalue weighted by molar-refractivity contribution is 5.89. The van der Waals surface area contributed by atoms with Crippen molar-refractivity contribution in [2.45, 2.75) is 66.8 Å². The maximum absolute atomic E-state index is 13.5. The molecule has 0 aliphatic heterocycles. The maximum atomic E-state index is 13.5. The van der Waals surface area contributed by atoms with Crippen LogP contribution in [-0.2, 0) is 14.4 Å². The number of hydrogen-bond donors (Lipinski definition) is 4. The Balaban J connectivity index is 3.16. The van der Waals surface area contributed by atoms with E-state index < -0.39 is 29.7 Å². The largest absolute Gasteiger partial charge is 0.320 e. The molecular formula is C27H44N4O4. The number of rotatable bonds is 13. The molecule has 1 aromatic rings. The van der Waals surface area contributed by atoms with Crippen molar-refractivity contribution in [1.29, 1.82) is 0 Å². The molecule has 0 saturated carbocycles. The predicted octanol–water partition coefficient (Wildman–Crippen LogP) is 3.76. The highest BCUT2D eigenvalue weighted by Crippen LogP contribution is 2.26. The Morgan fingerprint density at radius 2 is 1.51 bits per heavy atom. The summed E-state index contributed by atoms with van der Waals surface area (Å²) in [7, 11) is 0. The van der Waals surface area contributed by atoms with Gasteiger partial charge in [0.2, 0.25) is 11.8 Å². The second kappa shape index (κ2) is 15.3. The first-order valence-electron chi connectivity index (χ1n) is 12.5. The van der Waals surface area contributed by atoms with Crippen molar-refractivity contribution in [1.82, 2.24) is 15.9 Å². The fraction of sp³-hybridized carbons (Fsp3) is 0.593. The van der Waals surface area contributed by atoms with Gasteiger partial charge in [0, 0.05) is 6.54 Å². The van der Waals surface area contributed by atoms with E-state index >= 15 is 0 Å². The molecule has 8 nitrogen and oxygen atoms in total. The number of amides is 3. The van der Waals surface area contributed by atoms with E-state index in [-0.39, 0.29) is 30.1 Å². The van der Waals surface area contributed by atoms with Crippen LogP contribution in [0.3, 0.4) is 0 Å². The molecule has 35 heavy (non-hydrogen) atoms. The van der Waals surface area contributed by atoms with Crippen molar-refractivity contribution in [2.75, 3.05) is 6.54 Å². The highest BCUT2D eigenvalue weighted by Gasteiger charge is 2.35. The SMILES string of the molecule is CC(C)C[C@@H](N)C(=O)N(CC(C)C)NC(=O)[C@H](CC(C)C)[C@H](C/C=C/c1ccccc1)C(=O)NO. The monoisotopic (exact) mass is 488 g/mol. The van der Waals surface area contributed by atoms with Crippen LogP contribution in [0.2, 0.25) is 0 Å². The smallest absolute Gasteiger partial charge is 0.257 e. The number of hydrogen-bond acceptors (Lipinski definition) is 5. The zero-order chi connectivity index (χ0) is 26.5. The first-order valence-corrected chi connectivity index (χ1v) is 12.5. The first kappa shape index (κ1) is 30.3. The summed E-state index contributed by atoms with van der Waals surface area (Å²) in [6, 6.07) is 8.88. The van der Waals surface area contributed by atoms with Crippen LogP contribution in [0.5, 0.6) is 0 Å². The van der Waals surface area contributed by atoms with Gasteiger partial charge in [0.25, 0.3) is 5.91 Å².